The van der Waals surface area contributed by atoms with E-state index in [2.05, 4.69) is 4.98 Å². The Morgan fingerprint density at radius 1 is 1.44 bits per heavy atom. The molecule has 1 aromatic carbocycles. The number of fused-ring (bicyclic) bond motifs is 1. The van der Waals surface area contributed by atoms with Gasteiger partial charge in [0.15, 0.2) is 0 Å². The molecule has 3 rings (SSSR count). The quantitative estimate of drug-likeness (QED) is 0.888. The van der Waals surface area contributed by atoms with E-state index in [1.54, 1.807) is 12.4 Å². The molecule has 5 heteroatoms. The summed E-state index contributed by atoms with van der Waals surface area (Å²) in [6.45, 7) is 0.966. The molecule has 0 saturated carbocycles. The molecule has 2 N–H and O–H groups in total. The van der Waals surface area contributed by atoms with Crippen molar-refractivity contribution >= 4 is 11.0 Å². The minimum absolute atomic E-state index is 0.0137. The van der Waals surface area contributed by atoms with Gasteiger partial charge >= 0.3 is 0 Å². The van der Waals surface area contributed by atoms with Crippen LogP contribution in [0.2, 0.25) is 0 Å². The fourth-order valence-electron chi connectivity index (χ4n) is 2.42. The van der Waals surface area contributed by atoms with E-state index in [0.717, 1.165) is 31.4 Å². The summed E-state index contributed by atoms with van der Waals surface area (Å²) in [6.07, 6.45) is 4.96. The number of imidazole rings is 1. The van der Waals surface area contributed by atoms with Crippen LogP contribution in [0.4, 0.5) is 4.39 Å². The van der Waals surface area contributed by atoms with E-state index in [1.807, 2.05) is 4.57 Å². The minimum atomic E-state index is -0.292. The third-order valence-electron chi connectivity index (χ3n) is 3.43. The van der Waals surface area contributed by atoms with Crippen molar-refractivity contribution < 1.29 is 9.13 Å². The normalized spacial score (nSPS) is 20.4. The van der Waals surface area contributed by atoms with Crippen molar-refractivity contribution in [1.82, 2.24) is 9.55 Å². The lowest BCUT2D eigenvalue weighted by atomic mass is 10.1. The van der Waals surface area contributed by atoms with Gasteiger partial charge in [0, 0.05) is 24.8 Å². The lowest BCUT2D eigenvalue weighted by Gasteiger charge is -2.24. The predicted molar refractivity (Wildman–Crippen MR) is 66.4 cm³/mol. The monoisotopic (exact) mass is 249 g/mol. The Morgan fingerprint density at radius 3 is 3.06 bits per heavy atom. The van der Waals surface area contributed by atoms with Crippen LogP contribution in [0.5, 0.6) is 0 Å². The van der Waals surface area contributed by atoms with Crippen molar-refractivity contribution in [1.29, 1.82) is 0 Å². The van der Waals surface area contributed by atoms with Gasteiger partial charge in [-0.2, -0.15) is 0 Å². The zero-order valence-corrected chi connectivity index (χ0v) is 10.1. The van der Waals surface area contributed by atoms with Gasteiger partial charge in [0.1, 0.15) is 12.0 Å². The van der Waals surface area contributed by atoms with Gasteiger partial charge in [-0.05, 0) is 25.3 Å². The van der Waals surface area contributed by atoms with Gasteiger partial charge in [-0.25, -0.2) is 9.37 Å². The summed E-state index contributed by atoms with van der Waals surface area (Å²) in [6, 6.07) is 3.21. The molecule has 1 aliphatic rings. The maximum atomic E-state index is 13.6. The molecule has 4 nitrogen and oxygen atoms in total. The Hall–Kier alpha value is -1.46. The molecule has 2 aromatic rings. The zero-order chi connectivity index (χ0) is 12.5. The summed E-state index contributed by atoms with van der Waals surface area (Å²) in [7, 11) is 0. The molecule has 1 fully saturated rings. The van der Waals surface area contributed by atoms with Crippen molar-refractivity contribution in [2.45, 2.75) is 32.0 Å². The molecule has 0 amide bonds. The van der Waals surface area contributed by atoms with Crippen molar-refractivity contribution in [3.05, 3.63) is 29.8 Å². The van der Waals surface area contributed by atoms with E-state index in [4.69, 9.17) is 10.5 Å². The maximum Gasteiger partial charge on any atom is 0.135 e. The molecule has 0 bridgehead atoms. The van der Waals surface area contributed by atoms with Crippen molar-refractivity contribution in [2.24, 2.45) is 5.73 Å². The van der Waals surface area contributed by atoms with E-state index in [-0.39, 0.29) is 18.6 Å². The van der Waals surface area contributed by atoms with Gasteiger partial charge in [0.25, 0.3) is 0 Å². The summed E-state index contributed by atoms with van der Waals surface area (Å²) in [5.74, 6) is -0.292. The van der Waals surface area contributed by atoms with E-state index in [0.29, 0.717) is 11.1 Å². The Bertz CT molecular complexity index is 561. The van der Waals surface area contributed by atoms with Crippen LogP contribution in [-0.2, 0) is 11.3 Å². The number of hydrogen-bond acceptors (Lipinski definition) is 3. The number of rotatable bonds is 2. The SMILES string of the molecule is NCc1cc2c(cc1F)ncn2C1CCCCO1. The number of aromatic nitrogens is 2. The van der Waals surface area contributed by atoms with Crippen LogP contribution in [-0.4, -0.2) is 16.2 Å². The van der Waals surface area contributed by atoms with Crippen LogP contribution in [0, 0.1) is 5.82 Å². The number of ether oxygens (including phenoxy) is 1. The second-order valence-corrected chi connectivity index (χ2v) is 4.61. The Morgan fingerprint density at radius 2 is 2.33 bits per heavy atom. The Balaban J connectivity index is 2.06. The van der Waals surface area contributed by atoms with E-state index in [1.165, 1.54) is 6.07 Å². The van der Waals surface area contributed by atoms with E-state index < -0.39 is 0 Å². The molecule has 0 spiro atoms. The summed E-state index contributed by atoms with van der Waals surface area (Å²) in [5, 5.41) is 0. The highest BCUT2D eigenvalue weighted by molar-refractivity contribution is 5.76. The van der Waals surface area contributed by atoms with Gasteiger partial charge in [-0.15, -0.1) is 0 Å². The summed E-state index contributed by atoms with van der Waals surface area (Å²) in [4.78, 5) is 4.23. The molecule has 0 aliphatic carbocycles. The van der Waals surface area contributed by atoms with Crippen LogP contribution in [0.3, 0.4) is 0 Å². The van der Waals surface area contributed by atoms with Crippen molar-refractivity contribution in [3.63, 3.8) is 0 Å². The largest absolute Gasteiger partial charge is 0.358 e. The number of hydrogen-bond donors (Lipinski definition) is 1. The molecular formula is C13H16FN3O. The van der Waals surface area contributed by atoms with Gasteiger partial charge in [0.05, 0.1) is 17.4 Å². The Labute approximate surface area is 105 Å². The number of nitrogens with zero attached hydrogens (tertiary/aromatic N) is 2. The predicted octanol–water partition coefficient (Wildman–Crippen LogP) is 2.33. The molecule has 1 unspecified atom stereocenters. The molecule has 1 atom stereocenters. The van der Waals surface area contributed by atoms with Crippen LogP contribution in [0.25, 0.3) is 11.0 Å². The zero-order valence-electron chi connectivity index (χ0n) is 10.1. The van der Waals surface area contributed by atoms with Crippen molar-refractivity contribution in [3.8, 4) is 0 Å². The minimum Gasteiger partial charge on any atom is -0.358 e. The highest BCUT2D eigenvalue weighted by Crippen LogP contribution is 2.27. The molecule has 18 heavy (non-hydrogen) atoms. The molecule has 1 aliphatic heterocycles. The number of benzene rings is 1. The summed E-state index contributed by atoms with van der Waals surface area (Å²) < 4.78 is 21.3. The average Bonchev–Trinajstić information content (AvgIpc) is 2.81. The standard InChI is InChI=1S/C13H16FN3O/c14-10-6-11-12(5-9(10)7-15)17(8-16-11)13-3-1-2-4-18-13/h5-6,8,13H,1-4,7,15H2. The lowest BCUT2D eigenvalue weighted by molar-refractivity contribution is -0.0295. The van der Waals surface area contributed by atoms with Crippen molar-refractivity contribution in [2.75, 3.05) is 6.61 Å². The summed E-state index contributed by atoms with van der Waals surface area (Å²) >= 11 is 0. The van der Waals surface area contributed by atoms with Gasteiger partial charge < -0.3 is 15.0 Å². The topological polar surface area (TPSA) is 53.1 Å². The highest BCUT2D eigenvalue weighted by Gasteiger charge is 2.18. The number of nitrogens with two attached hydrogens (primary N) is 1. The molecule has 96 valence electrons. The molecular weight excluding hydrogens is 233 g/mol. The van der Waals surface area contributed by atoms with Crippen LogP contribution < -0.4 is 5.73 Å². The first-order valence-corrected chi connectivity index (χ1v) is 6.26. The summed E-state index contributed by atoms with van der Waals surface area (Å²) in [5.41, 5.74) is 7.60. The highest BCUT2D eigenvalue weighted by atomic mass is 19.1. The third kappa shape index (κ3) is 1.89. The lowest BCUT2D eigenvalue weighted by Crippen LogP contribution is -2.17. The van der Waals surface area contributed by atoms with E-state index >= 15 is 0 Å². The second-order valence-electron chi connectivity index (χ2n) is 4.61. The molecule has 2 heterocycles. The molecule has 0 radical (unpaired) electrons. The van der Waals surface area contributed by atoms with E-state index in [9.17, 15) is 4.39 Å². The molecule has 1 aromatic heterocycles. The number of halogens is 1. The van der Waals surface area contributed by atoms with Crippen LogP contribution in [0.1, 0.15) is 31.1 Å². The maximum absolute atomic E-state index is 13.6. The van der Waals surface area contributed by atoms with Gasteiger partial charge in [-0.1, -0.05) is 0 Å². The van der Waals surface area contributed by atoms with Gasteiger partial charge in [0.2, 0.25) is 0 Å². The first-order valence-electron chi connectivity index (χ1n) is 6.26. The van der Waals surface area contributed by atoms with Gasteiger partial charge in [-0.3, -0.25) is 0 Å². The second kappa shape index (κ2) is 4.66. The van der Waals surface area contributed by atoms with Crippen LogP contribution in [0.15, 0.2) is 18.5 Å². The van der Waals surface area contributed by atoms with Crippen LogP contribution >= 0.6 is 0 Å². The fraction of sp³-hybridized carbons (Fsp3) is 0.462. The fourth-order valence-corrected chi connectivity index (χ4v) is 2.42. The Kier molecular flexibility index (Phi) is 3.01. The first kappa shape index (κ1) is 11.6. The smallest absolute Gasteiger partial charge is 0.135 e. The third-order valence-corrected chi connectivity index (χ3v) is 3.43. The first-order chi connectivity index (χ1) is 8.79. The average molecular weight is 249 g/mol. The molecule has 1 saturated heterocycles.